The fraction of sp³-hybridized carbons (Fsp3) is 0.368. The van der Waals surface area contributed by atoms with E-state index in [1.807, 2.05) is 35.2 Å². The molecule has 0 atom stereocenters. The maximum absolute atomic E-state index is 14.6. The number of halogens is 2. The highest BCUT2D eigenvalue weighted by Gasteiger charge is 2.38. The SMILES string of the molecule is CC(=O)N1CCc2c(c(N3CCCc4cc(-c5cnn(C)c5)c(C(F)F)cc43)nn2C2CC(OCc3ccc(-c4ccc(C(=O)O)nn4)cc3)C2)C1. The first-order valence-corrected chi connectivity index (χ1v) is 17.5. The van der Waals surface area contributed by atoms with Crippen molar-refractivity contribution in [1.29, 1.82) is 0 Å². The number of anilines is 2. The molecule has 0 bridgehead atoms. The van der Waals surface area contributed by atoms with Gasteiger partial charge in [-0.05, 0) is 66.6 Å². The van der Waals surface area contributed by atoms with Gasteiger partial charge in [-0.15, -0.1) is 10.2 Å². The predicted molar refractivity (Wildman–Crippen MR) is 187 cm³/mol. The average molecular weight is 709 g/mol. The molecule has 12 nitrogen and oxygen atoms in total. The second-order valence-electron chi connectivity index (χ2n) is 13.8. The molecule has 1 N–H and O–H groups in total. The van der Waals surface area contributed by atoms with Crippen molar-refractivity contribution in [2.45, 2.75) is 70.8 Å². The second-order valence-corrected chi connectivity index (χ2v) is 13.8. The van der Waals surface area contributed by atoms with Gasteiger partial charge in [0.1, 0.15) is 0 Å². The Morgan fingerprint density at radius 2 is 1.83 bits per heavy atom. The monoisotopic (exact) mass is 708 g/mol. The first kappa shape index (κ1) is 33.6. The molecule has 1 fully saturated rings. The maximum Gasteiger partial charge on any atom is 0.356 e. The fourth-order valence-corrected chi connectivity index (χ4v) is 7.54. The Labute approximate surface area is 298 Å². The van der Waals surface area contributed by atoms with Gasteiger partial charge in [-0.25, -0.2) is 13.6 Å². The molecule has 0 radical (unpaired) electrons. The number of hydrogen-bond acceptors (Lipinski definition) is 8. The normalized spacial score (nSPS) is 18.2. The van der Waals surface area contributed by atoms with E-state index in [1.165, 1.54) is 6.07 Å². The summed E-state index contributed by atoms with van der Waals surface area (Å²) in [4.78, 5) is 27.5. The largest absolute Gasteiger partial charge is 0.476 e. The van der Waals surface area contributed by atoms with Crippen molar-refractivity contribution in [3.63, 3.8) is 0 Å². The minimum atomic E-state index is -2.67. The van der Waals surface area contributed by atoms with Crippen molar-refractivity contribution < 1.29 is 28.2 Å². The molecule has 0 saturated heterocycles. The van der Waals surface area contributed by atoms with E-state index in [0.29, 0.717) is 49.5 Å². The summed E-state index contributed by atoms with van der Waals surface area (Å²) in [6, 6.07) is 14.5. The van der Waals surface area contributed by atoms with Gasteiger partial charge in [0.05, 0.1) is 37.2 Å². The molecule has 1 aliphatic carbocycles. The maximum atomic E-state index is 14.6. The number of hydrogen-bond donors (Lipinski definition) is 1. The van der Waals surface area contributed by atoms with Crippen LogP contribution in [-0.2, 0) is 42.6 Å². The van der Waals surface area contributed by atoms with Crippen LogP contribution in [0.4, 0.5) is 20.3 Å². The van der Waals surface area contributed by atoms with Crippen LogP contribution in [0, 0.1) is 0 Å². The van der Waals surface area contributed by atoms with Crippen molar-refractivity contribution in [3.05, 3.63) is 94.6 Å². The summed E-state index contributed by atoms with van der Waals surface area (Å²) in [5.41, 5.74) is 7.26. The number of aryl methyl sites for hydroxylation is 2. The number of fused-ring (bicyclic) bond motifs is 2. The number of carboxylic acid groups (broad SMARTS) is 1. The summed E-state index contributed by atoms with van der Waals surface area (Å²) in [5.74, 6) is -0.381. The molecular weight excluding hydrogens is 670 g/mol. The topological polar surface area (TPSA) is 132 Å². The van der Waals surface area contributed by atoms with Gasteiger partial charge in [-0.1, -0.05) is 24.3 Å². The number of benzene rings is 2. The number of ether oxygens (including phenoxy) is 1. The molecule has 52 heavy (non-hydrogen) atoms. The van der Waals surface area contributed by atoms with Crippen LogP contribution in [0.5, 0.6) is 0 Å². The van der Waals surface area contributed by atoms with Crippen LogP contribution in [0.3, 0.4) is 0 Å². The van der Waals surface area contributed by atoms with E-state index in [0.717, 1.165) is 65.1 Å². The minimum absolute atomic E-state index is 0.00124. The molecule has 2 aliphatic heterocycles. The van der Waals surface area contributed by atoms with Crippen LogP contribution in [-0.4, -0.2) is 70.8 Å². The lowest BCUT2D eigenvalue weighted by atomic mass is 9.88. The van der Waals surface area contributed by atoms with Gasteiger partial charge in [-0.3, -0.25) is 14.2 Å². The third-order valence-corrected chi connectivity index (χ3v) is 10.4. The number of aromatic nitrogens is 6. The number of amides is 1. The molecule has 1 amide bonds. The first-order valence-electron chi connectivity index (χ1n) is 17.5. The van der Waals surface area contributed by atoms with Gasteiger partial charge in [0.25, 0.3) is 6.43 Å². The summed E-state index contributed by atoms with van der Waals surface area (Å²) in [7, 11) is 1.77. The van der Waals surface area contributed by atoms with Crippen LogP contribution in [0.1, 0.15) is 77.1 Å². The molecule has 268 valence electrons. The van der Waals surface area contributed by atoms with Crippen LogP contribution in [0.15, 0.2) is 60.9 Å². The van der Waals surface area contributed by atoms with Crippen molar-refractivity contribution in [3.8, 4) is 22.4 Å². The van der Waals surface area contributed by atoms with E-state index in [4.69, 9.17) is 14.9 Å². The Kier molecular flexibility index (Phi) is 8.77. The number of nitrogens with zero attached hydrogens (tertiary/aromatic N) is 8. The fourth-order valence-electron chi connectivity index (χ4n) is 7.54. The van der Waals surface area contributed by atoms with Crippen LogP contribution in [0.25, 0.3) is 22.4 Å². The average Bonchev–Trinajstić information content (AvgIpc) is 3.73. The number of carbonyl (C=O) groups is 2. The molecule has 14 heteroatoms. The molecule has 5 aromatic rings. The third-order valence-electron chi connectivity index (χ3n) is 10.4. The van der Waals surface area contributed by atoms with Crippen molar-refractivity contribution in [2.75, 3.05) is 18.0 Å². The first-order chi connectivity index (χ1) is 25.1. The zero-order chi connectivity index (χ0) is 36.1. The number of alkyl halides is 2. The van der Waals surface area contributed by atoms with Crippen LogP contribution < -0.4 is 4.90 Å². The Bertz CT molecular complexity index is 2140. The Morgan fingerprint density at radius 1 is 1.02 bits per heavy atom. The Morgan fingerprint density at radius 3 is 2.50 bits per heavy atom. The molecule has 2 aromatic carbocycles. The van der Waals surface area contributed by atoms with Crippen LogP contribution >= 0.6 is 0 Å². The zero-order valence-electron chi connectivity index (χ0n) is 28.9. The molecule has 3 aliphatic rings. The van der Waals surface area contributed by atoms with E-state index in [1.54, 1.807) is 43.2 Å². The summed E-state index contributed by atoms with van der Waals surface area (Å²) in [5, 5.41) is 26.3. The van der Waals surface area contributed by atoms with E-state index < -0.39 is 12.4 Å². The van der Waals surface area contributed by atoms with Gasteiger partial charge in [-0.2, -0.15) is 10.2 Å². The minimum Gasteiger partial charge on any atom is -0.476 e. The summed E-state index contributed by atoms with van der Waals surface area (Å²) >= 11 is 0. The summed E-state index contributed by atoms with van der Waals surface area (Å²) < 4.78 is 39.2. The van der Waals surface area contributed by atoms with Crippen molar-refractivity contribution >= 4 is 23.4 Å². The number of carbonyl (C=O) groups excluding carboxylic acids is 1. The van der Waals surface area contributed by atoms with E-state index in [-0.39, 0.29) is 29.3 Å². The number of carboxylic acids is 1. The lowest BCUT2D eigenvalue weighted by Crippen LogP contribution is -2.38. The number of rotatable bonds is 9. The molecule has 0 spiro atoms. The quantitative estimate of drug-likeness (QED) is 0.188. The standard InChI is InChI=1S/C38H38F2N8O4/c1-22(49)46-13-11-34-31(20-46)37(47-12-3-4-25-14-29(26-18-41-45(2)19-26)30(36(39)40)17-35(25)47)44-48(34)27-15-28(16-27)52-21-23-5-7-24(8-6-23)32-9-10-33(38(50)51)43-42-32/h5-10,14,17-19,27-28,36H,3-4,11-13,15-16,20-21H2,1-2H3,(H,50,51). The summed E-state index contributed by atoms with van der Waals surface area (Å²) in [6.45, 7) is 3.69. The summed E-state index contributed by atoms with van der Waals surface area (Å²) in [6.07, 6.45) is 4.62. The smallest absolute Gasteiger partial charge is 0.356 e. The van der Waals surface area contributed by atoms with Crippen LogP contribution in [0.2, 0.25) is 0 Å². The van der Waals surface area contributed by atoms with Crippen molar-refractivity contribution in [2.24, 2.45) is 7.05 Å². The molecule has 3 aromatic heterocycles. The van der Waals surface area contributed by atoms with Gasteiger partial charge >= 0.3 is 5.97 Å². The molecule has 0 unspecified atom stereocenters. The lowest BCUT2D eigenvalue weighted by Gasteiger charge is -2.37. The molecule has 8 rings (SSSR count). The van der Waals surface area contributed by atoms with Gasteiger partial charge in [0.15, 0.2) is 11.5 Å². The van der Waals surface area contributed by atoms with Gasteiger partial charge < -0.3 is 19.6 Å². The second kappa shape index (κ2) is 13.6. The van der Waals surface area contributed by atoms with Crippen molar-refractivity contribution in [1.82, 2.24) is 34.7 Å². The van der Waals surface area contributed by atoms with Gasteiger partial charge in [0.2, 0.25) is 5.91 Å². The Hall–Kier alpha value is -5.50. The highest BCUT2D eigenvalue weighted by molar-refractivity contribution is 5.85. The molecular formula is C38H38F2N8O4. The predicted octanol–water partition coefficient (Wildman–Crippen LogP) is 6.29. The third kappa shape index (κ3) is 6.31. The lowest BCUT2D eigenvalue weighted by molar-refractivity contribution is -0.129. The Balaban J connectivity index is 1.01. The highest BCUT2D eigenvalue weighted by Crippen LogP contribution is 2.45. The van der Waals surface area contributed by atoms with E-state index in [2.05, 4.69) is 24.9 Å². The molecule has 1 saturated carbocycles. The van der Waals surface area contributed by atoms with E-state index >= 15 is 0 Å². The number of aromatic carboxylic acids is 1. The zero-order valence-corrected chi connectivity index (χ0v) is 28.9. The van der Waals surface area contributed by atoms with Gasteiger partial charge in [0, 0.05) is 73.3 Å². The highest BCUT2D eigenvalue weighted by atomic mass is 19.3. The van der Waals surface area contributed by atoms with E-state index in [9.17, 15) is 18.4 Å². The molecule has 5 heterocycles.